The first-order chi connectivity index (χ1) is 10.6. The van der Waals surface area contributed by atoms with Gasteiger partial charge in [-0.2, -0.15) is 0 Å². The summed E-state index contributed by atoms with van der Waals surface area (Å²) in [5, 5.41) is 10.9. The molecule has 1 aromatic heterocycles. The van der Waals surface area contributed by atoms with E-state index in [4.69, 9.17) is 0 Å². The summed E-state index contributed by atoms with van der Waals surface area (Å²) < 4.78 is 0. The van der Waals surface area contributed by atoms with Crippen LogP contribution in [0.3, 0.4) is 0 Å². The highest BCUT2D eigenvalue weighted by molar-refractivity contribution is 5.39. The summed E-state index contributed by atoms with van der Waals surface area (Å²) in [6, 6.07) is 10.3. The average molecular weight is 298 g/mol. The monoisotopic (exact) mass is 298 g/mol. The molecule has 0 radical (unpaired) electrons. The van der Waals surface area contributed by atoms with E-state index in [1.165, 1.54) is 0 Å². The molecule has 0 bridgehead atoms. The highest BCUT2D eigenvalue weighted by Crippen LogP contribution is 2.38. The maximum atomic E-state index is 10.9. The zero-order valence-corrected chi connectivity index (χ0v) is 13.1. The molecule has 1 N–H and O–H groups in total. The Bertz CT molecular complexity index is 605. The summed E-state index contributed by atoms with van der Waals surface area (Å²) in [6.07, 6.45) is 5.44. The van der Waals surface area contributed by atoms with Crippen molar-refractivity contribution >= 4 is 5.82 Å². The van der Waals surface area contributed by atoms with Crippen molar-refractivity contribution in [3.8, 4) is 0 Å². The Morgan fingerprint density at radius 1 is 1.23 bits per heavy atom. The van der Waals surface area contributed by atoms with Gasteiger partial charge in [0.15, 0.2) is 0 Å². The average Bonchev–Trinajstić information content (AvgIpc) is 2.56. The molecule has 0 spiro atoms. The lowest BCUT2D eigenvalue weighted by Crippen LogP contribution is -2.60. The van der Waals surface area contributed by atoms with E-state index in [-0.39, 0.29) is 5.54 Å². The van der Waals surface area contributed by atoms with Crippen molar-refractivity contribution in [1.82, 2.24) is 14.9 Å². The van der Waals surface area contributed by atoms with E-state index in [9.17, 15) is 5.11 Å². The normalized spacial score (nSPS) is 25.5. The van der Waals surface area contributed by atoms with Crippen LogP contribution in [0.25, 0.3) is 0 Å². The fourth-order valence-electron chi connectivity index (χ4n) is 3.43. The molecular weight excluding hydrogens is 276 g/mol. The van der Waals surface area contributed by atoms with Crippen LogP contribution < -0.4 is 4.90 Å². The van der Waals surface area contributed by atoms with E-state index in [1.807, 2.05) is 32.3 Å². The zero-order valence-electron chi connectivity index (χ0n) is 13.1. The summed E-state index contributed by atoms with van der Waals surface area (Å²) >= 11 is 0. The van der Waals surface area contributed by atoms with E-state index in [0.717, 1.165) is 24.3 Å². The minimum Gasteiger partial charge on any atom is -0.389 e. The Morgan fingerprint density at radius 2 is 2.00 bits per heavy atom. The highest BCUT2D eigenvalue weighted by Gasteiger charge is 2.45. The van der Waals surface area contributed by atoms with Gasteiger partial charge in [0.05, 0.1) is 17.8 Å². The Labute approximate surface area is 131 Å². The number of β-amino-alcohol motifs (C(OH)–C–C–N with tert-alkyl or cyclic N) is 1. The molecule has 1 aliphatic rings. The van der Waals surface area contributed by atoms with Gasteiger partial charge in [0.1, 0.15) is 5.82 Å². The summed E-state index contributed by atoms with van der Waals surface area (Å²) in [7, 11) is 4.07. The van der Waals surface area contributed by atoms with Crippen LogP contribution in [-0.2, 0) is 5.54 Å². The van der Waals surface area contributed by atoms with Gasteiger partial charge in [-0.15, -0.1) is 0 Å². The molecule has 1 aromatic carbocycles. The number of likely N-dealkylation sites (N-methyl/N-ethyl adjacent to an activating group) is 1. The molecule has 0 saturated carbocycles. The lowest BCUT2D eigenvalue weighted by Gasteiger charge is -2.50. The molecule has 2 aromatic rings. The van der Waals surface area contributed by atoms with Gasteiger partial charge in [0, 0.05) is 25.5 Å². The minimum absolute atomic E-state index is 0.361. The number of anilines is 1. The number of rotatable bonds is 3. The van der Waals surface area contributed by atoms with Crippen LogP contribution in [0.2, 0.25) is 0 Å². The molecule has 5 heteroatoms. The first kappa shape index (κ1) is 14.9. The van der Waals surface area contributed by atoms with Gasteiger partial charge in [-0.25, -0.2) is 4.98 Å². The lowest BCUT2D eigenvalue weighted by atomic mass is 9.77. The van der Waals surface area contributed by atoms with E-state index in [1.54, 1.807) is 18.6 Å². The molecule has 2 atom stereocenters. The number of hydrogen-bond donors (Lipinski definition) is 1. The molecule has 1 fully saturated rings. The SMILES string of the molecule is CN(C)[C@]1(c2ccccc2)CCN(c2cnccn2)C[C@H]1O. The van der Waals surface area contributed by atoms with Gasteiger partial charge < -0.3 is 10.0 Å². The molecule has 0 aliphatic carbocycles. The Balaban J connectivity index is 1.89. The number of nitrogens with zero attached hydrogens (tertiary/aromatic N) is 4. The van der Waals surface area contributed by atoms with E-state index in [2.05, 4.69) is 31.9 Å². The standard InChI is InChI=1S/C17H22N4O/c1-20(2)17(14-6-4-3-5-7-14)8-11-21(13-15(17)22)16-12-18-9-10-19-16/h3-7,9-10,12,15,22H,8,11,13H2,1-2H3/t15-,17+/m1/s1. The number of piperidine rings is 1. The van der Waals surface area contributed by atoms with Crippen molar-refractivity contribution < 1.29 is 5.11 Å². The van der Waals surface area contributed by atoms with Crippen molar-refractivity contribution in [2.75, 3.05) is 32.1 Å². The number of aromatic nitrogens is 2. The first-order valence-corrected chi connectivity index (χ1v) is 7.56. The minimum atomic E-state index is -0.499. The van der Waals surface area contributed by atoms with Gasteiger partial charge in [-0.05, 0) is 26.1 Å². The van der Waals surface area contributed by atoms with Gasteiger partial charge in [-0.3, -0.25) is 9.88 Å². The van der Waals surface area contributed by atoms with Gasteiger partial charge in [-0.1, -0.05) is 30.3 Å². The van der Waals surface area contributed by atoms with Crippen molar-refractivity contribution in [3.63, 3.8) is 0 Å². The Hall–Kier alpha value is -1.98. The van der Waals surface area contributed by atoms with Crippen LogP contribution in [0.5, 0.6) is 0 Å². The van der Waals surface area contributed by atoms with E-state index >= 15 is 0 Å². The molecule has 3 rings (SSSR count). The summed E-state index contributed by atoms with van der Waals surface area (Å²) in [5.41, 5.74) is 0.797. The number of benzene rings is 1. The third-order valence-corrected chi connectivity index (χ3v) is 4.65. The third kappa shape index (κ3) is 2.46. The Kier molecular flexibility index (Phi) is 4.09. The van der Waals surface area contributed by atoms with Crippen LogP contribution in [0.4, 0.5) is 5.82 Å². The molecule has 0 amide bonds. The number of hydrogen-bond acceptors (Lipinski definition) is 5. The summed E-state index contributed by atoms with van der Waals surface area (Å²) in [6.45, 7) is 1.38. The smallest absolute Gasteiger partial charge is 0.147 e. The van der Waals surface area contributed by atoms with Crippen LogP contribution in [0, 0.1) is 0 Å². The molecule has 1 aliphatic heterocycles. The van der Waals surface area contributed by atoms with Crippen molar-refractivity contribution in [1.29, 1.82) is 0 Å². The Morgan fingerprint density at radius 3 is 2.59 bits per heavy atom. The molecular formula is C17H22N4O. The first-order valence-electron chi connectivity index (χ1n) is 7.56. The fraction of sp³-hybridized carbons (Fsp3) is 0.412. The second kappa shape index (κ2) is 6.02. The van der Waals surface area contributed by atoms with Crippen LogP contribution >= 0.6 is 0 Å². The molecule has 2 heterocycles. The number of aliphatic hydroxyl groups is 1. The van der Waals surface area contributed by atoms with Crippen molar-refractivity contribution in [2.45, 2.75) is 18.1 Å². The second-order valence-electron chi connectivity index (χ2n) is 5.96. The lowest BCUT2D eigenvalue weighted by molar-refractivity contribution is -0.0247. The predicted molar refractivity (Wildman–Crippen MR) is 86.7 cm³/mol. The van der Waals surface area contributed by atoms with Crippen LogP contribution in [-0.4, -0.2) is 53.3 Å². The quantitative estimate of drug-likeness (QED) is 0.931. The van der Waals surface area contributed by atoms with Crippen LogP contribution in [0.1, 0.15) is 12.0 Å². The van der Waals surface area contributed by atoms with Gasteiger partial charge >= 0.3 is 0 Å². The maximum absolute atomic E-state index is 10.9. The molecule has 116 valence electrons. The largest absolute Gasteiger partial charge is 0.389 e. The van der Waals surface area contributed by atoms with E-state index in [0.29, 0.717) is 6.54 Å². The predicted octanol–water partition coefficient (Wildman–Crippen LogP) is 1.50. The second-order valence-corrected chi connectivity index (χ2v) is 5.96. The summed E-state index contributed by atoms with van der Waals surface area (Å²) in [5.74, 6) is 0.821. The van der Waals surface area contributed by atoms with Gasteiger partial charge in [0.25, 0.3) is 0 Å². The van der Waals surface area contributed by atoms with Crippen molar-refractivity contribution in [2.24, 2.45) is 0 Å². The van der Waals surface area contributed by atoms with E-state index < -0.39 is 6.10 Å². The summed E-state index contributed by atoms with van der Waals surface area (Å²) in [4.78, 5) is 12.7. The molecule has 22 heavy (non-hydrogen) atoms. The highest BCUT2D eigenvalue weighted by atomic mass is 16.3. The van der Waals surface area contributed by atoms with Crippen LogP contribution in [0.15, 0.2) is 48.9 Å². The maximum Gasteiger partial charge on any atom is 0.147 e. The van der Waals surface area contributed by atoms with Gasteiger partial charge in [0.2, 0.25) is 0 Å². The fourth-order valence-corrected chi connectivity index (χ4v) is 3.43. The molecule has 0 unspecified atom stereocenters. The molecule has 5 nitrogen and oxygen atoms in total. The topological polar surface area (TPSA) is 52.5 Å². The number of aliphatic hydroxyl groups excluding tert-OH is 1. The molecule has 1 saturated heterocycles. The van der Waals surface area contributed by atoms with Crippen molar-refractivity contribution in [3.05, 3.63) is 54.5 Å². The third-order valence-electron chi connectivity index (χ3n) is 4.65. The zero-order chi connectivity index (χ0) is 15.6.